The van der Waals surface area contributed by atoms with Crippen LogP contribution in [0.2, 0.25) is 0 Å². The number of benzene rings is 1. The quantitative estimate of drug-likeness (QED) is 0.0611. The normalized spacial score (nSPS) is 33.5. The average Bonchev–Trinajstić information content (AvgIpc) is 1.53. The van der Waals surface area contributed by atoms with Crippen LogP contribution in [0.3, 0.4) is 0 Å². The third-order valence-corrected chi connectivity index (χ3v) is 21.6. The van der Waals surface area contributed by atoms with Crippen molar-refractivity contribution in [3.05, 3.63) is 69.2 Å². The molecule has 0 aliphatic carbocycles. The number of primary amides is 6. The molecule has 15 atom stereocenters. The second-order valence-corrected chi connectivity index (χ2v) is 28.3. The molecule has 17 N–H and O–H groups in total. The number of ether oxygens (including phenoxy) is 1. The van der Waals surface area contributed by atoms with Gasteiger partial charge in [-0.3, -0.25) is 53.1 Å². The predicted molar refractivity (Wildman–Crippen MR) is 335 cm³/mol. The SMILES string of the molecule is C/C1=C2/[N-][C@H]([C@H](CC(N)=O)[C@@]2(C)CCC(=O)NC[C@H](C)OP(=O)([O-])O[C@H]2[C@@H](O)[C@@H](n3cnc4cc(C)c(C)cc43)O[C@@H]2CO)[C@]2(C)N=C(/C(C)=C3N=C(/C=C4N=C1[C@@H](CCC(N)=O)C\4(C)C)[C@@H](CCC(N)=O)[C@]\3(C)CC(N)=O)[C@@H](CCC(N)=O)[C@]2(C)CC(N)=O.O.[Co]. The van der Waals surface area contributed by atoms with Crippen LogP contribution in [-0.4, -0.2) is 133 Å². The standard InChI is InChI=1S/C62H90N13O14P.Co.H2O/c1-29-20-39-40(21-30(29)2)75(28-70-39)57-52(84)53(41(27-76)87-57)89-90(85,86)88-31(3)26-69-49(83)18-19-59(8)37(22-46(66)80)56-62(11)61(10,25-48(68)82)36(14-17-45(65)79)51(74-62)33(5)55-60(9,24-47(67)81)34(12-15-43(63)77)38(71-55)23-42-58(6,7)35(13-16-44(64)78)50(72-42)32(4)54(59)73-56;;/h20-21,23,28,31,34-37,41,52-53,56-57,76,84H,12-19,22,24-27H2,1-11H3,(H15,63,64,65,66,67,68,69,71,72,73,74,77,78,79,80,81,82,83,85,86);;1H2/p-2/t31-,34+,35+,36+,37-,41+,52+,53+,56+,57-,59+,60-,61-,62-;;/m0../s1. The van der Waals surface area contributed by atoms with E-state index in [-0.39, 0.29) is 99.4 Å². The minimum atomic E-state index is -5.32. The largest absolute Gasteiger partial charge is 0.756 e. The number of aromatic nitrogens is 2. The number of hydrogen-bond acceptors (Lipinski definition) is 18. The summed E-state index contributed by atoms with van der Waals surface area (Å²) in [6, 6.07) is 2.65. The third-order valence-electron chi connectivity index (χ3n) is 20.5. The number of amides is 7. The van der Waals surface area contributed by atoms with Crippen molar-refractivity contribution >= 4 is 77.3 Å². The maximum Gasteiger partial charge on any atom is 0.268 e. The summed E-state index contributed by atoms with van der Waals surface area (Å²) in [6.45, 7) is 19.0. The summed E-state index contributed by atoms with van der Waals surface area (Å²) in [6.07, 6.45) is -4.79. The van der Waals surface area contributed by atoms with E-state index in [1.807, 2.05) is 80.5 Å². The molecule has 8 rings (SSSR count). The molecule has 2 fully saturated rings. The van der Waals surface area contributed by atoms with E-state index in [9.17, 15) is 53.2 Å². The first-order valence-electron chi connectivity index (χ1n) is 30.5. The van der Waals surface area contributed by atoms with Crippen LogP contribution in [0.15, 0.2) is 67.8 Å². The van der Waals surface area contributed by atoms with E-state index in [0.717, 1.165) is 11.1 Å². The van der Waals surface area contributed by atoms with Crippen LogP contribution in [0, 0.1) is 59.2 Å². The number of carbonyl (C=O) groups is 7. The van der Waals surface area contributed by atoms with Gasteiger partial charge in [0.25, 0.3) is 7.82 Å². The number of imidazole rings is 1. The number of carbonyl (C=O) groups excluding carboxylic acids is 7. The summed E-state index contributed by atoms with van der Waals surface area (Å²) in [5.74, 6) is -7.40. The molecular formula is C62H90CoN13O15P-2. The summed E-state index contributed by atoms with van der Waals surface area (Å²) < 4.78 is 31.9. The van der Waals surface area contributed by atoms with Crippen molar-refractivity contribution in [1.29, 1.82) is 0 Å². The van der Waals surface area contributed by atoms with Crippen LogP contribution in [0.5, 0.6) is 0 Å². The molecule has 1 radical (unpaired) electrons. The monoisotopic (exact) mass is 1350 g/mol. The number of aliphatic imine (C=N–C) groups is 3. The van der Waals surface area contributed by atoms with Crippen LogP contribution in [0.1, 0.15) is 150 Å². The van der Waals surface area contributed by atoms with E-state index >= 15 is 0 Å². The minimum absolute atomic E-state index is 0. The molecule has 1 aromatic heterocycles. The Bertz CT molecular complexity index is 3550. The molecule has 2 aromatic rings. The van der Waals surface area contributed by atoms with Gasteiger partial charge >= 0.3 is 0 Å². The van der Waals surface area contributed by atoms with Crippen LogP contribution in [0.25, 0.3) is 16.4 Å². The number of nitrogens with one attached hydrogen (secondary N) is 1. The smallest absolute Gasteiger partial charge is 0.268 e. The first-order chi connectivity index (χ1) is 41.8. The fourth-order valence-corrected chi connectivity index (χ4v) is 16.4. The van der Waals surface area contributed by atoms with Gasteiger partial charge < -0.3 is 84.0 Å². The van der Waals surface area contributed by atoms with Gasteiger partial charge in [0.2, 0.25) is 41.4 Å². The Morgan fingerprint density at radius 2 is 1.38 bits per heavy atom. The Morgan fingerprint density at radius 1 is 0.793 bits per heavy atom. The van der Waals surface area contributed by atoms with Crippen molar-refractivity contribution in [3.63, 3.8) is 0 Å². The van der Waals surface area contributed by atoms with E-state index in [4.69, 9.17) is 68.5 Å². The minimum Gasteiger partial charge on any atom is -0.756 e. The third kappa shape index (κ3) is 14.1. The number of phosphoric ester groups is 1. The fourth-order valence-electron chi connectivity index (χ4n) is 15.3. The molecule has 92 heavy (non-hydrogen) atoms. The molecule has 509 valence electrons. The second kappa shape index (κ2) is 27.8. The number of aryl methyl sites for hydroxylation is 2. The predicted octanol–water partition coefficient (Wildman–Crippen LogP) is 2.49. The molecule has 0 saturated carbocycles. The van der Waals surface area contributed by atoms with Gasteiger partial charge in [0.15, 0.2) is 6.23 Å². The van der Waals surface area contributed by atoms with E-state index in [2.05, 4.69) is 10.3 Å². The Balaban J connectivity index is 0.00000672. The zero-order valence-electron chi connectivity index (χ0n) is 54.0. The maximum atomic E-state index is 14.4. The molecule has 7 amide bonds. The van der Waals surface area contributed by atoms with Gasteiger partial charge in [-0.05, 0) is 119 Å². The van der Waals surface area contributed by atoms with Gasteiger partial charge in [0, 0.05) is 125 Å². The van der Waals surface area contributed by atoms with Crippen molar-refractivity contribution in [1.82, 2.24) is 14.9 Å². The molecule has 1 unspecified atom stereocenters. The molecule has 6 aliphatic heterocycles. The van der Waals surface area contributed by atoms with E-state index in [0.29, 0.717) is 56.4 Å². The van der Waals surface area contributed by atoms with Crippen LogP contribution in [-0.2, 0) is 68.7 Å². The van der Waals surface area contributed by atoms with Gasteiger partial charge in [-0.25, -0.2) is 4.98 Å². The average molecular weight is 1350 g/mol. The summed E-state index contributed by atoms with van der Waals surface area (Å²) >= 11 is 0. The Morgan fingerprint density at radius 3 is 1.96 bits per heavy atom. The Kier molecular flexibility index (Phi) is 22.5. The topological polar surface area (TPSA) is 496 Å². The second-order valence-electron chi connectivity index (χ2n) is 27.0. The molecule has 7 heterocycles. The molecule has 30 heteroatoms. The summed E-state index contributed by atoms with van der Waals surface area (Å²) in [5, 5.41) is 30.1. The fraction of sp³-hybridized carbons (Fsp3) is 0.629. The number of nitrogens with zero attached hydrogens (tertiary/aromatic N) is 6. The van der Waals surface area contributed by atoms with E-state index < -0.39 is 143 Å². The molecule has 28 nitrogen and oxygen atoms in total. The summed E-state index contributed by atoms with van der Waals surface area (Å²) in [7, 11) is -5.32. The van der Waals surface area contributed by atoms with E-state index in [1.165, 1.54) is 17.8 Å². The summed E-state index contributed by atoms with van der Waals surface area (Å²) in [4.78, 5) is 128. The van der Waals surface area contributed by atoms with Crippen molar-refractivity contribution in [2.75, 3.05) is 13.2 Å². The molecule has 2 saturated heterocycles. The van der Waals surface area contributed by atoms with Crippen molar-refractivity contribution in [2.45, 2.75) is 189 Å². The summed E-state index contributed by atoms with van der Waals surface area (Å²) in [5.41, 5.74) is 36.7. The first kappa shape index (κ1) is 74.5. The zero-order valence-corrected chi connectivity index (χ0v) is 55.9. The van der Waals surface area contributed by atoms with Crippen molar-refractivity contribution < 1.29 is 89.3 Å². The maximum absolute atomic E-state index is 14.4. The number of aliphatic hydroxyl groups excluding tert-OH is 2. The molecule has 0 spiro atoms. The van der Waals surface area contributed by atoms with Gasteiger partial charge in [-0.15, -0.1) is 0 Å². The van der Waals surface area contributed by atoms with Crippen molar-refractivity contribution in [3.8, 4) is 0 Å². The van der Waals surface area contributed by atoms with Gasteiger partial charge in [-0.2, -0.15) is 5.70 Å². The number of allylic oxidation sites excluding steroid dienone is 6. The molecule has 8 bridgehead atoms. The molecular weight excluding hydrogens is 1260 g/mol. The molecule has 1 aromatic carbocycles. The number of phosphoric acid groups is 1. The number of rotatable bonds is 26. The Hall–Kier alpha value is -6.53. The zero-order chi connectivity index (χ0) is 66.7. The van der Waals surface area contributed by atoms with E-state index in [1.54, 1.807) is 6.92 Å². The van der Waals surface area contributed by atoms with Crippen LogP contribution < -0.4 is 44.6 Å². The van der Waals surface area contributed by atoms with Crippen molar-refractivity contribution in [2.24, 2.45) is 94.7 Å². The van der Waals surface area contributed by atoms with Gasteiger partial charge in [-0.1, -0.05) is 40.7 Å². The van der Waals surface area contributed by atoms with Gasteiger partial charge in [0.1, 0.15) is 18.3 Å². The van der Waals surface area contributed by atoms with Gasteiger partial charge in [0.05, 0.1) is 41.3 Å². The number of nitrogens with two attached hydrogens (primary N) is 6. The number of aliphatic hydroxyl groups is 2. The molecule has 6 aliphatic rings. The van der Waals surface area contributed by atoms with Crippen LogP contribution >= 0.6 is 7.82 Å². The Labute approximate surface area is 545 Å². The number of hydrogen-bond donors (Lipinski definition) is 9. The first-order valence-corrected chi connectivity index (χ1v) is 32.0. The number of fused-ring (bicyclic) bond motifs is 7. The van der Waals surface area contributed by atoms with Crippen LogP contribution in [0.4, 0.5) is 0 Å².